The number of carbonyl (C=O) groups excluding carboxylic acids is 2. The summed E-state index contributed by atoms with van der Waals surface area (Å²) in [7, 11) is 1.34. The molecule has 0 unspecified atom stereocenters. The molecular formula is C18H23NO3. The number of benzene rings is 1. The first kappa shape index (κ1) is 16.3. The summed E-state index contributed by atoms with van der Waals surface area (Å²) in [4.78, 5) is 24.1. The molecule has 1 amide bonds. The highest BCUT2D eigenvalue weighted by Gasteiger charge is 2.21. The van der Waals surface area contributed by atoms with Gasteiger partial charge in [-0.05, 0) is 44.2 Å². The molecule has 4 heteroatoms. The summed E-state index contributed by atoms with van der Waals surface area (Å²) in [6, 6.07) is 8.26. The minimum atomic E-state index is -0.632. The lowest BCUT2D eigenvalue weighted by Crippen LogP contribution is -2.41. The number of hydrogen-bond donors (Lipinski definition) is 1. The molecule has 0 aliphatic heterocycles. The summed E-state index contributed by atoms with van der Waals surface area (Å²) in [5, 5.41) is 2.77. The number of carbonyl (C=O) groups is 2. The van der Waals surface area contributed by atoms with Crippen LogP contribution in [0.25, 0.3) is 0 Å². The van der Waals surface area contributed by atoms with Crippen LogP contribution in [-0.4, -0.2) is 25.0 Å². The van der Waals surface area contributed by atoms with Crippen LogP contribution in [0.3, 0.4) is 0 Å². The molecule has 0 saturated heterocycles. The van der Waals surface area contributed by atoms with Crippen molar-refractivity contribution >= 4 is 11.9 Å². The molecule has 1 aromatic rings. The maximum absolute atomic E-state index is 12.2. The predicted molar refractivity (Wildman–Crippen MR) is 85.5 cm³/mol. The van der Waals surface area contributed by atoms with E-state index in [1.54, 1.807) is 24.3 Å². The van der Waals surface area contributed by atoms with Crippen molar-refractivity contribution < 1.29 is 14.3 Å². The van der Waals surface area contributed by atoms with Gasteiger partial charge < -0.3 is 10.1 Å². The van der Waals surface area contributed by atoms with Gasteiger partial charge >= 0.3 is 5.97 Å². The molecule has 0 radical (unpaired) electrons. The van der Waals surface area contributed by atoms with Crippen LogP contribution in [0.2, 0.25) is 0 Å². The van der Waals surface area contributed by atoms with Crippen molar-refractivity contribution in [3.63, 3.8) is 0 Å². The summed E-state index contributed by atoms with van der Waals surface area (Å²) >= 11 is 0. The minimum absolute atomic E-state index is 0.252. The first-order valence-corrected chi connectivity index (χ1v) is 7.82. The SMILES string of the molecule is COC(=O)[C@H](CC=C1CCCCC1)NC(=O)c1ccccc1. The van der Waals surface area contributed by atoms with Crippen molar-refractivity contribution in [2.45, 2.75) is 44.6 Å². The number of hydrogen-bond acceptors (Lipinski definition) is 3. The van der Waals surface area contributed by atoms with Gasteiger partial charge in [0.25, 0.3) is 5.91 Å². The average Bonchev–Trinajstić information content (AvgIpc) is 2.59. The molecule has 1 saturated carbocycles. The van der Waals surface area contributed by atoms with Crippen LogP contribution in [-0.2, 0) is 9.53 Å². The quantitative estimate of drug-likeness (QED) is 0.671. The third-order valence-electron chi connectivity index (χ3n) is 3.97. The highest BCUT2D eigenvalue weighted by atomic mass is 16.5. The monoisotopic (exact) mass is 301 g/mol. The molecule has 0 spiro atoms. The van der Waals surface area contributed by atoms with Crippen molar-refractivity contribution in [2.75, 3.05) is 7.11 Å². The molecule has 4 nitrogen and oxygen atoms in total. The molecule has 1 aliphatic carbocycles. The number of rotatable bonds is 5. The van der Waals surface area contributed by atoms with Gasteiger partial charge in [0, 0.05) is 5.56 Å². The summed E-state index contributed by atoms with van der Waals surface area (Å²) in [5.74, 6) is -0.657. The fraction of sp³-hybridized carbons (Fsp3) is 0.444. The van der Waals surface area contributed by atoms with Crippen molar-refractivity contribution in [1.82, 2.24) is 5.32 Å². The second-order valence-corrected chi connectivity index (χ2v) is 5.57. The predicted octanol–water partition coefficient (Wildman–Crippen LogP) is 3.24. The summed E-state index contributed by atoms with van der Waals surface area (Å²) in [6.45, 7) is 0. The number of nitrogens with one attached hydrogen (secondary N) is 1. The summed E-state index contributed by atoms with van der Waals surface area (Å²) in [5.41, 5.74) is 1.93. The van der Waals surface area contributed by atoms with Gasteiger partial charge in [0.05, 0.1) is 7.11 Å². The third kappa shape index (κ3) is 4.72. The van der Waals surface area contributed by atoms with E-state index in [0.717, 1.165) is 12.8 Å². The number of methoxy groups -OCH3 is 1. The van der Waals surface area contributed by atoms with E-state index in [-0.39, 0.29) is 5.91 Å². The van der Waals surface area contributed by atoms with Crippen molar-refractivity contribution in [2.24, 2.45) is 0 Å². The zero-order valence-corrected chi connectivity index (χ0v) is 13.0. The van der Waals surface area contributed by atoms with Crippen molar-refractivity contribution in [3.8, 4) is 0 Å². The van der Waals surface area contributed by atoms with Crippen LogP contribution in [0.15, 0.2) is 42.0 Å². The largest absolute Gasteiger partial charge is 0.467 e. The molecule has 1 fully saturated rings. The van der Waals surface area contributed by atoms with Crippen LogP contribution in [0, 0.1) is 0 Å². The smallest absolute Gasteiger partial charge is 0.328 e. The molecule has 1 N–H and O–H groups in total. The maximum Gasteiger partial charge on any atom is 0.328 e. The molecule has 1 atom stereocenters. The Kier molecular flexibility index (Phi) is 6.19. The Morgan fingerprint density at radius 1 is 1.18 bits per heavy atom. The second-order valence-electron chi connectivity index (χ2n) is 5.57. The minimum Gasteiger partial charge on any atom is -0.467 e. The molecule has 0 aromatic heterocycles. The average molecular weight is 301 g/mol. The molecule has 0 bridgehead atoms. The van der Waals surface area contributed by atoms with Crippen LogP contribution >= 0.6 is 0 Å². The van der Waals surface area contributed by atoms with Crippen molar-refractivity contribution in [3.05, 3.63) is 47.5 Å². The Morgan fingerprint density at radius 3 is 2.50 bits per heavy atom. The topological polar surface area (TPSA) is 55.4 Å². The third-order valence-corrected chi connectivity index (χ3v) is 3.97. The first-order chi connectivity index (χ1) is 10.7. The Hall–Kier alpha value is -2.10. The van der Waals surface area contributed by atoms with Crippen molar-refractivity contribution in [1.29, 1.82) is 0 Å². The highest BCUT2D eigenvalue weighted by molar-refractivity contribution is 5.96. The Bertz CT molecular complexity index is 529. The van der Waals surface area contributed by atoms with Crippen LogP contribution < -0.4 is 5.32 Å². The van der Waals surface area contributed by atoms with Gasteiger partial charge in [-0.3, -0.25) is 4.79 Å². The molecular weight excluding hydrogens is 278 g/mol. The van der Waals surface area contributed by atoms with Gasteiger partial charge in [0.1, 0.15) is 6.04 Å². The Labute approximate surface area is 131 Å². The second kappa shape index (κ2) is 8.37. The first-order valence-electron chi connectivity index (χ1n) is 7.82. The van der Waals surface area contributed by atoms with Crippen LogP contribution in [0.1, 0.15) is 48.9 Å². The van der Waals surface area contributed by atoms with Gasteiger partial charge in [0.15, 0.2) is 0 Å². The Balaban J connectivity index is 2.00. The fourth-order valence-corrected chi connectivity index (χ4v) is 2.68. The highest BCUT2D eigenvalue weighted by Crippen LogP contribution is 2.23. The van der Waals surface area contributed by atoms with Gasteiger partial charge in [-0.25, -0.2) is 4.79 Å². The lowest BCUT2D eigenvalue weighted by Gasteiger charge is -2.17. The van der Waals surface area contributed by atoms with E-state index in [4.69, 9.17) is 4.74 Å². The fourth-order valence-electron chi connectivity index (χ4n) is 2.68. The van der Waals surface area contributed by atoms with E-state index in [1.807, 2.05) is 6.07 Å². The molecule has 1 aromatic carbocycles. The van der Waals surface area contributed by atoms with Gasteiger partial charge in [-0.15, -0.1) is 0 Å². The number of esters is 1. The van der Waals surface area contributed by atoms with E-state index in [0.29, 0.717) is 12.0 Å². The zero-order chi connectivity index (χ0) is 15.8. The molecule has 2 rings (SSSR count). The van der Waals surface area contributed by atoms with E-state index >= 15 is 0 Å². The van der Waals surface area contributed by atoms with Gasteiger partial charge in [-0.2, -0.15) is 0 Å². The lowest BCUT2D eigenvalue weighted by atomic mass is 9.93. The maximum atomic E-state index is 12.2. The van der Waals surface area contributed by atoms with Crippen LogP contribution in [0.5, 0.6) is 0 Å². The van der Waals surface area contributed by atoms with E-state index in [1.165, 1.54) is 31.9 Å². The molecule has 0 heterocycles. The number of amides is 1. The zero-order valence-electron chi connectivity index (χ0n) is 13.0. The molecule has 1 aliphatic rings. The number of ether oxygens (including phenoxy) is 1. The molecule has 118 valence electrons. The summed E-state index contributed by atoms with van der Waals surface area (Å²) in [6.07, 6.45) is 8.48. The van der Waals surface area contributed by atoms with E-state index in [9.17, 15) is 9.59 Å². The summed E-state index contributed by atoms with van der Waals surface area (Å²) < 4.78 is 4.81. The molecule has 22 heavy (non-hydrogen) atoms. The Morgan fingerprint density at radius 2 is 1.86 bits per heavy atom. The lowest BCUT2D eigenvalue weighted by molar-refractivity contribution is -0.142. The van der Waals surface area contributed by atoms with Gasteiger partial charge in [-0.1, -0.05) is 36.3 Å². The van der Waals surface area contributed by atoms with Gasteiger partial charge in [0.2, 0.25) is 0 Å². The van der Waals surface area contributed by atoms with E-state index < -0.39 is 12.0 Å². The van der Waals surface area contributed by atoms with E-state index in [2.05, 4.69) is 11.4 Å². The number of allylic oxidation sites excluding steroid dienone is 1. The standard InChI is InChI=1S/C18H23NO3/c1-22-18(21)16(13-12-14-8-4-2-5-9-14)19-17(20)15-10-6-3-7-11-15/h3,6-7,10-12,16H,2,4-5,8-9,13H2,1H3,(H,19,20)/t16-/m0/s1. The van der Waals surface area contributed by atoms with Crippen LogP contribution in [0.4, 0.5) is 0 Å². The normalized spacial score (nSPS) is 15.8.